The van der Waals surface area contributed by atoms with Crippen molar-refractivity contribution >= 4 is 11.9 Å². The highest BCUT2D eigenvalue weighted by atomic mass is 16.7. The van der Waals surface area contributed by atoms with E-state index in [-0.39, 0.29) is 30.1 Å². The van der Waals surface area contributed by atoms with Gasteiger partial charge in [-0.3, -0.25) is 9.59 Å². The van der Waals surface area contributed by atoms with Crippen LogP contribution in [0.2, 0.25) is 0 Å². The van der Waals surface area contributed by atoms with E-state index in [0.29, 0.717) is 12.8 Å². The number of esters is 2. The molecule has 3 heterocycles. The first-order valence-electron chi connectivity index (χ1n) is 6.51. The molecule has 0 amide bonds. The largest absolute Gasteiger partial charge is 0.455 e. The van der Waals surface area contributed by atoms with E-state index >= 15 is 0 Å². The second-order valence-electron chi connectivity index (χ2n) is 5.99. The molecule has 5 unspecified atom stereocenters. The number of ether oxygens (including phenoxy) is 3. The molecule has 5 heteroatoms. The molecule has 5 nitrogen and oxygen atoms in total. The van der Waals surface area contributed by atoms with Gasteiger partial charge < -0.3 is 14.2 Å². The molecule has 18 heavy (non-hydrogen) atoms. The Balaban J connectivity index is 1.73. The van der Waals surface area contributed by atoms with Crippen LogP contribution in [-0.4, -0.2) is 36.4 Å². The predicted octanol–water partition coefficient (Wildman–Crippen LogP) is 1.05. The summed E-state index contributed by atoms with van der Waals surface area (Å²) in [7, 11) is 0. The lowest BCUT2D eigenvalue weighted by Gasteiger charge is -2.27. The van der Waals surface area contributed by atoms with E-state index in [4.69, 9.17) is 14.2 Å². The molecule has 0 spiro atoms. The normalized spacial score (nSPS) is 41.1. The van der Waals surface area contributed by atoms with E-state index in [0.717, 1.165) is 0 Å². The average molecular weight is 254 g/mol. The van der Waals surface area contributed by atoms with Gasteiger partial charge in [0.2, 0.25) is 0 Å². The molecule has 0 radical (unpaired) electrons. The van der Waals surface area contributed by atoms with Crippen molar-refractivity contribution in [2.24, 2.45) is 11.3 Å². The standard InChI is InChI=1S/C13H18O5/c1-4-13(2,3)12(15)18-9-7-5-6-8(16-7)10(9)17-11(6)14/h6-10H,4-5H2,1-3H3. The predicted molar refractivity (Wildman–Crippen MR) is 60.6 cm³/mol. The minimum Gasteiger partial charge on any atom is -0.455 e. The lowest BCUT2D eigenvalue weighted by Crippen LogP contribution is -2.42. The first-order valence-corrected chi connectivity index (χ1v) is 6.51. The van der Waals surface area contributed by atoms with Crippen molar-refractivity contribution in [1.82, 2.24) is 0 Å². The van der Waals surface area contributed by atoms with E-state index in [9.17, 15) is 9.59 Å². The van der Waals surface area contributed by atoms with Gasteiger partial charge in [0.15, 0.2) is 12.2 Å². The van der Waals surface area contributed by atoms with E-state index in [1.807, 2.05) is 20.8 Å². The van der Waals surface area contributed by atoms with Crippen LogP contribution in [0.15, 0.2) is 0 Å². The lowest BCUT2D eigenvalue weighted by atomic mass is 9.87. The lowest BCUT2D eigenvalue weighted by molar-refractivity contribution is -0.169. The second kappa shape index (κ2) is 3.70. The summed E-state index contributed by atoms with van der Waals surface area (Å²) in [5.74, 6) is -0.597. The zero-order valence-electron chi connectivity index (χ0n) is 10.8. The molecule has 3 aliphatic rings. The molecule has 0 saturated carbocycles. The highest BCUT2D eigenvalue weighted by Gasteiger charge is 2.65. The maximum atomic E-state index is 12.1. The maximum absolute atomic E-state index is 12.1. The first kappa shape index (κ1) is 12.0. The van der Waals surface area contributed by atoms with E-state index in [1.165, 1.54) is 0 Å². The van der Waals surface area contributed by atoms with E-state index < -0.39 is 17.6 Å². The van der Waals surface area contributed by atoms with Crippen LogP contribution in [0.4, 0.5) is 0 Å². The molecule has 3 rings (SSSR count). The number of rotatable bonds is 3. The van der Waals surface area contributed by atoms with Crippen LogP contribution in [0.5, 0.6) is 0 Å². The Bertz CT molecular complexity index is 402. The summed E-state index contributed by atoms with van der Waals surface area (Å²) >= 11 is 0. The third-order valence-corrected chi connectivity index (χ3v) is 4.46. The van der Waals surface area contributed by atoms with Crippen molar-refractivity contribution in [3.05, 3.63) is 0 Å². The molecular weight excluding hydrogens is 236 g/mol. The van der Waals surface area contributed by atoms with Crippen molar-refractivity contribution in [3.8, 4) is 0 Å². The fourth-order valence-electron chi connectivity index (χ4n) is 2.81. The molecular formula is C13H18O5. The molecule has 3 fully saturated rings. The summed E-state index contributed by atoms with van der Waals surface area (Å²) in [6.45, 7) is 5.66. The van der Waals surface area contributed by atoms with Gasteiger partial charge in [0.1, 0.15) is 6.10 Å². The van der Waals surface area contributed by atoms with Crippen LogP contribution in [-0.2, 0) is 23.8 Å². The van der Waals surface area contributed by atoms with Crippen LogP contribution in [0.1, 0.15) is 33.6 Å². The van der Waals surface area contributed by atoms with Gasteiger partial charge in [-0.2, -0.15) is 0 Å². The number of carbonyl (C=O) groups excluding carboxylic acids is 2. The fraction of sp³-hybridized carbons (Fsp3) is 0.846. The van der Waals surface area contributed by atoms with Crippen LogP contribution < -0.4 is 0 Å². The Labute approximate surface area is 106 Å². The fourth-order valence-corrected chi connectivity index (χ4v) is 2.81. The topological polar surface area (TPSA) is 61.8 Å². The highest BCUT2D eigenvalue weighted by molar-refractivity contribution is 5.78. The highest BCUT2D eigenvalue weighted by Crippen LogP contribution is 2.47. The van der Waals surface area contributed by atoms with Gasteiger partial charge in [-0.25, -0.2) is 0 Å². The smallest absolute Gasteiger partial charge is 0.312 e. The zero-order chi connectivity index (χ0) is 13.1. The number of carbonyl (C=O) groups is 2. The Morgan fingerprint density at radius 1 is 1.44 bits per heavy atom. The Hall–Kier alpha value is -1.10. The zero-order valence-corrected chi connectivity index (χ0v) is 10.8. The summed E-state index contributed by atoms with van der Waals surface area (Å²) in [6.07, 6.45) is 0.137. The first-order chi connectivity index (χ1) is 8.44. The van der Waals surface area contributed by atoms with Gasteiger partial charge in [0, 0.05) is 0 Å². The van der Waals surface area contributed by atoms with Crippen molar-refractivity contribution in [2.75, 3.05) is 0 Å². The Morgan fingerprint density at radius 2 is 2.17 bits per heavy atom. The molecule has 0 N–H and O–H groups in total. The molecule has 5 atom stereocenters. The Kier molecular flexibility index (Phi) is 2.46. The van der Waals surface area contributed by atoms with Gasteiger partial charge in [-0.15, -0.1) is 0 Å². The van der Waals surface area contributed by atoms with Crippen molar-refractivity contribution < 1.29 is 23.8 Å². The van der Waals surface area contributed by atoms with Gasteiger partial charge in [-0.1, -0.05) is 6.92 Å². The Morgan fingerprint density at radius 3 is 2.83 bits per heavy atom. The number of fused-ring (bicyclic) bond motifs is 1. The quantitative estimate of drug-likeness (QED) is 0.704. The molecule has 3 saturated heterocycles. The molecule has 0 aromatic carbocycles. The van der Waals surface area contributed by atoms with Gasteiger partial charge >= 0.3 is 11.9 Å². The van der Waals surface area contributed by atoms with Gasteiger partial charge in [0.05, 0.1) is 17.4 Å². The number of hydrogen-bond donors (Lipinski definition) is 0. The van der Waals surface area contributed by atoms with Crippen LogP contribution >= 0.6 is 0 Å². The summed E-state index contributed by atoms with van der Waals surface area (Å²) in [4.78, 5) is 23.6. The van der Waals surface area contributed by atoms with Crippen LogP contribution in [0.25, 0.3) is 0 Å². The average Bonchev–Trinajstić information content (AvgIpc) is 2.93. The SMILES string of the molecule is CCC(C)(C)C(=O)OC1C2CC3C(=O)OC1C3O2. The van der Waals surface area contributed by atoms with E-state index in [1.54, 1.807) is 0 Å². The summed E-state index contributed by atoms with van der Waals surface area (Å²) in [5, 5.41) is 0. The molecule has 0 aliphatic carbocycles. The summed E-state index contributed by atoms with van der Waals surface area (Å²) in [6, 6.07) is 0. The van der Waals surface area contributed by atoms with Crippen molar-refractivity contribution in [3.63, 3.8) is 0 Å². The monoisotopic (exact) mass is 254 g/mol. The molecule has 0 aromatic heterocycles. The minimum atomic E-state index is -0.510. The van der Waals surface area contributed by atoms with Crippen molar-refractivity contribution in [2.45, 2.75) is 58.0 Å². The number of hydrogen-bond acceptors (Lipinski definition) is 5. The van der Waals surface area contributed by atoms with E-state index in [2.05, 4.69) is 0 Å². The summed E-state index contributed by atoms with van der Waals surface area (Å²) in [5.41, 5.74) is -0.510. The minimum absolute atomic E-state index is 0.144. The second-order valence-corrected chi connectivity index (χ2v) is 5.99. The van der Waals surface area contributed by atoms with Crippen LogP contribution in [0.3, 0.4) is 0 Å². The molecule has 0 aromatic rings. The molecule has 100 valence electrons. The van der Waals surface area contributed by atoms with Crippen molar-refractivity contribution in [1.29, 1.82) is 0 Å². The third kappa shape index (κ3) is 1.49. The third-order valence-electron chi connectivity index (χ3n) is 4.46. The molecule has 3 aliphatic heterocycles. The maximum Gasteiger partial charge on any atom is 0.312 e. The van der Waals surface area contributed by atoms with Gasteiger partial charge in [-0.05, 0) is 26.7 Å². The summed E-state index contributed by atoms with van der Waals surface area (Å²) < 4.78 is 16.5. The molecule has 2 bridgehead atoms. The van der Waals surface area contributed by atoms with Crippen LogP contribution in [0, 0.1) is 11.3 Å². The van der Waals surface area contributed by atoms with Gasteiger partial charge in [0.25, 0.3) is 0 Å².